The van der Waals surface area contributed by atoms with Gasteiger partial charge in [-0.1, -0.05) is 28.5 Å². The molecule has 1 atom stereocenters. The SMILES string of the molecule is c1ccc(-n2cc(OC3CCCNC3)nn2)cc1. The molecule has 5 heteroatoms. The van der Waals surface area contributed by atoms with E-state index in [0.29, 0.717) is 5.88 Å². The number of nitrogens with zero attached hydrogens (tertiary/aromatic N) is 3. The van der Waals surface area contributed by atoms with E-state index in [1.165, 1.54) is 0 Å². The number of benzene rings is 1. The smallest absolute Gasteiger partial charge is 0.254 e. The van der Waals surface area contributed by atoms with Crippen LogP contribution in [0, 0.1) is 0 Å². The Morgan fingerprint density at radius 3 is 2.94 bits per heavy atom. The Kier molecular flexibility index (Phi) is 3.23. The largest absolute Gasteiger partial charge is 0.471 e. The summed E-state index contributed by atoms with van der Waals surface area (Å²) in [5.74, 6) is 0.590. The number of hydrogen-bond donors (Lipinski definition) is 1. The summed E-state index contributed by atoms with van der Waals surface area (Å²) in [6.07, 6.45) is 4.26. The maximum atomic E-state index is 5.80. The van der Waals surface area contributed by atoms with Crippen LogP contribution in [0.4, 0.5) is 0 Å². The second-order valence-corrected chi connectivity index (χ2v) is 4.42. The molecule has 18 heavy (non-hydrogen) atoms. The molecule has 2 aromatic rings. The molecule has 0 amide bonds. The highest BCUT2D eigenvalue weighted by Crippen LogP contribution is 2.14. The van der Waals surface area contributed by atoms with Gasteiger partial charge in [-0.15, -0.1) is 0 Å². The third kappa shape index (κ3) is 2.51. The average Bonchev–Trinajstić information content (AvgIpc) is 2.89. The number of ether oxygens (including phenoxy) is 1. The first kappa shape index (κ1) is 11.2. The van der Waals surface area contributed by atoms with Crippen LogP contribution in [0.1, 0.15) is 12.8 Å². The second kappa shape index (κ2) is 5.18. The van der Waals surface area contributed by atoms with E-state index in [4.69, 9.17) is 4.74 Å². The van der Waals surface area contributed by atoms with Crippen molar-refractivity contribution in [1.82, 2.24) is 20.3 Å². The molecule has 0 saturated carbocycles. The maximum Gasteiger partial charge on any atom is 0.254 e. The van der Waals surface area contributed by atoms with Crippen molar-refractivity contribution in [2.75, 3.05) is 13.1 Å². The van der Waals surface area contributed by atoms with Gasteiger partial charge < -0.3 is 10.1 Å². The summed E-state index contributed by atoms with van der Waals surface area (Å²) in [5, 5.41) is 11.4. The van der Waals surface area contributed by atoms with Crippen LogP contribution >= 0.6 is 0 Å². The van der Waals surface area contributed by atoms with Gasteiger partial charge in [-0.05, 0) is 31.5 Å². The van der Waals surface area contributed by atoms with Gasteiger partial charge in [0.25, 0.3) is 5.88 Å². The zero-order valence-corrected chi connectivity index (χ0v) is 10.1. The average molecular weight is 244 g/mol. The van der Waals surface area contributed by atoms with Crippen LogP contribution in [0.2, 0.25) is 0 Å². The van der Waals surface area contributed by atoms with Crippen molar-refractivity contribution >= 4 is 0 Å². The van der Waals surface area contributed by atoms with Crippen molar-refractivity contribution < 1.29 is 4.74 Å². The Bertz CT molecular complexity index is 491. The van der Waals surface area contributed by atoms with E-state index < -0.39 is 0 Å². The molecule has 0 bridgehead atoms. The Morgan fingerprint density at radius 1 is 1.28 bits per heavy atom. The van der Waals surface area contributed by atoms with Crippen LogP contribution in [0.25, 0.3) is 5.69 Å². The van der Waals surface area contributed by atoms with Gasteiger partial charge in [-0.3, -0.25) is 0 Å². The minimum absolute atomic E-state index is 0.208. The minimum atomic E-state index is 0.208. The number of piperidine rings is 1. The Hall–Kier alpha value is -1.88. The predicted octanol–water partition coefficient (Wildman–Crippen LogP) is 1.40. The summed E-state index contributed by atoms with van der Waals surface area (Å²) in [4.78, 5) is 0. The summed E-state index contributed by atoms with van der Waals surface area (Å²) in [7, 11) is 0. The Labute approximate surface area is 106 Å². The van der Waals surface area contributed by atoms with E-state index in [1.807, 2.05) is 36.5 Å². The lowest BCUT2D eigenvalue weighted by molar-refractivity contribution is 0.160. The summed E-state index contributed by atoms with van der Waals surface area (Å²) in [6, 6.07) is 9.90. The normalized spacial score (nSPS) is 19.7. The summed E-state index contributed by atoms with van der Waals surface area (Å²) < 4.78 is 7.53. The highest BCUT2D eigenvalue weighted by atomic mass is 16.5. The third-order valence-electron chi connectivity index (χ3n) is 3.03. The van der Waals surface area contributed by atoms with Crippen molar-refractivity contribution in [1.29, 1.82) is 0 Å². The van der Waals surface area contributed by atoms with E-state index in [2.05, 4.69) is 15.6 Å². The summed E-state index contributed by atoms with van der Waals surface area (Å²) in [6.45, 7) is 1.97. The molecule has 1 fully saturated rings. The van der Waals surface area contributed by atoms with Crippen molar-refractivity contribution in [3.8, 4) is 11.6 Å². The topological polar surface area (TPSA) is 52.0 Å². The zero-order valence-electron chi connectivity index (χ0n) is 10.1. The van der Waals surface area contributed by atoms with Crippen molar-refractivity contribution in [3.05, 3.63) is 36.5 Å². The number of hydrogen-bond acceptors (Lipinski definition) is 4. The summed E-state index contributed by atoms with van der Waals surface area (Å²) in [5.41, 5.74) is 0.988. The number of para-hydroxylation sites is 1. The highest BCUT2D eigenvalue weighted by molar-refractivity contribution is 5.30. The molecule has 1 aliphatic heterocycles. The van der Waals surface area contributed by atoms with Crippen molar-refractivity contribution in [3.63, 3.8) is 0 Å². The van der Waals surface area contributed by atoms with Gasteiger partial charge in [-0.2, -0.15) is 0 Å². The lowest BCUT2D eigenvalue weighted by atomic mass is 10.1. The van der Waals surface area contributed by atoms with Crippen molar-refractivity contribution in [2.24, 2.45) is 0 Å². The molecule has 1 aromatic heterocycles. The van der Waals surface area contributed by atoms with Gasteiger partial charge in [-0.25, -0.2) is 4.68 Å². The van der Waals surface area contributed by atoms with Crippen LogP contribution in [0.5, 0.6) is 5.88 Å². The van der Waals surface area contributed by atoms with Crippen LogP contribution in [-0.2, 0) is 0 Å². The molecule has 1 saturated heterocycles. The number of aromatic nitrogens is 3. The molecule has 3 rings (SSSR count). The van der Waals surface area contributed by atoms with E-state index in [9.17, 15) is 0 Å². The number of nitrogens with one attached hydrogen (secondary N) is 1. The Morgan fingerprint density at radius 2 is 2.17 bits per heavy atom. The fourth-order valence-corrected chi connectivity index (χ4v) is 2.10. The van der Waals surface area contributed by atoms with Gasteiger partial charge in [0.2, 0.25) is 0 Å². The molecule has 5 nitrogen and oxygen atoms in total. The molecule has 1 N–H and O–H groups in total. The molecule has 1 unspecified atom stereocenters. The molecule has 1 aromatic carbocycles. The summed E-state index contributed by atoms with van der Waals surface area (Å²) >= 11 is 0. The first-order chi connectivity index (χ1) is 8.92. The molecule has 94 valence electrons. The molecular formula is C13H16N4O. The van der Waals surface area contributed by atoms with E-state index in [0.717, 1.165) is 31.6 Å². The van der Waals surface area contributed by atoms with E-state index >= 15 is 0 Å². The lowest BCUT2D eigenvalue weighted by Gasteiger charge is -2.22. The first-order valence-electron chi connectivity index (χ1n) is 6.27. The first-order valence-corrected chi connectivity index (χ1v) is 6.27. The lowest BCUT2D eigenvalue weighted by Crippen LogP contribution is -2.37. The fraction of sp³-hybridized carbons (Fsp3) is 0.385. The molecule has 1 aliphatic rings. The fourth-order valence-electron chi connectivity index (χ4n) is 2.10. The standard InChI is InChI=1S/C13H16N4O/c1-2-5-11(6-3-1)17-10-13(15-16-17)18-12-7-4-8-14-9-12/h1-3,5-6,10,12,14H,4,7-9H2. The minimum Gasteiger partial charge on any atom is -0.471 e. The van der Waals surface area contributed by atoms with Crippen LogP contribution in [-0.4, -0.2) is 34.2 Å². The quantitative estimate of drug-likeness (QED) is 0.886. The van der Waals surface area contributed by atoms with E-state index in [1.54, 1.807) is 4.68 Å². The van der Waals surface area contributed by atoms with Crippen LogP contribution in [0.3, 0.4) is 0 Å². The van der Waals surface area contributed by atoms with Crippen LogP contribution in [0.15, 0.2) is 36.5 Å². The van der Waals surface area contributed by atoms with Gasteiger partial charge in [0.1, 0.15) is 6.10 Å². The van der Waals surface area contributed by atoms with Crippen LogP contribution < -0.4 is 10.1 Å². The molecular weight excluding hydrogens is 228 g/mol. The molecule has 2 heterocycles. The van der Waals surface area contributed by atoms with Gasteiger partial charge >= 0.3 is 0 Å². The van der Waals surface area contributed by atoms with E-state index in [-0.39, 0.29) is 6.10 Å². The molecule has 0 aliphatic carbocycles. The van der Waals surface area contributed by atoms with Crippen molar-refractivity contribution in [2.45, 2.75) is 18.9 Å². The second-order valence-electron chi connectivity index (χ2n) is 4.42. The highest BCUT2D eigenvalue weighted by Gasteiger charge is 2.15. The monoisotopic (exact) mass is 244 g/mol. The maximum absolute atomic E-state index is 5.80. The molecule has 0 spiro atoms. The predicted molar refractivity (Wildman–Crippen MR) is 67.9 cm³/mol. The Balaban J connectivity index is 1.69. The van der Waals surface area contributed by atoms with Gasteiger partial charge in [0.05, 0.1) is 11.9 Å². The molecule has 0 radical (unpaired) electrons. The number of rotatable bonds is 3. The third-order valence-corrected chi connectivity index (χ3v) is 3.03. The van der Waals surface area contributed by atoms with Gasteiger partial charge in [0.15, 0.2) is 0 Å². The van der Waals surface area contributed by atoms with Gasteiger partial charge in [0, 0.05) is 6.54 Å². The zero-order chi connectivity index (χ0) is 12.2.